The van der Waals surface area contributed by atoms with Gasteiger partial charge in [0.05, 0.1) is 0 Å². The number of rotatable bonds is 1. The van der Waals surface area contributed by atoms with Crippen molar-refractivity contribution in [1.82, 2.24) is 0 Å². The lowest BCUT2D eigenvalue weighted by Gasteiger charge is -2.59. The van der Waals surface area contributed by atoms with E-state index in [1.807, 2.05) is 6.92 Å². The Bertz CT molecular complexity index is 547. The molecule has 4 aliphatic rings. The Morgan fingerprint density at radius 1 is 1.04 bits per heavy atom. The van der Waals surface area contributed by atoms with Crippen molar-refractivity contribution in [2.75, 3.05) is 0 Å². The molecule has 0 heterocycles. The summed E-state index contributed by atoms with van der Waals surface area (Å²) >= 11 is 0. The number of hydrogen-bond acceptors (Lipinski definition) is 3. The molecule has 1 unspecified atom stereocenters. The van der Waals surface area contributed by atoms with Crippen LogP contribution in [0.2, 0.25) is 0 Å². The van der Waals surface area contributed by atoms with Crippen LogP contribution in [0.25, 0.3) is 0 Å². The minimum atomic E-state index is -0.930. The third-order valence-electron chi connectivity index (χ3n) is 8.57. The summed E-state index contributed by atoms with van der Waals surface area (Å²) in [5, 5.41) is 11.3. The van der Waals surface area contributed by atoms with Crippen LogP contribution in [0.1, 0.15) is 71.6 Å². The summed E-state index contributed by atoms with van der Waals surface area (Å²) in [7, 11) is 0. The number of hydrogen-bond donors (Lipinski definition) is 0. The quantitative estimate of drug-likeness (QED) is 0.536. The van der Waals surface area contributed by atoms with Crippen molar-refractivity contribution in [3.63, 3.8) is 0 Å². The lowest BCUT2D eigenvalue weighted by atomic mass is 9.45. The van der Waals surface area contributed by atoms with Crippen LogP contribution in [0.15, 0.2) is 0 Å². The summed E-state index contributed by atoms with van der Waals surface area (Å²) in [6.07, 6.45) is 10.4. The molecule has 0 spiro atoms. The van der Waals surface area contributed by atoms with Crippen molar-refractivity contribution >= 4 is 5.78 Å². The van der Waals surface area contributed by atoms with Crippen LogP contribution in [0.4, 0.5) is 0 Å². The second-order valence-corrected chi connectivity index (χ2v) is 9.26. The van der Waals surface area contributed by atoms with Crippen molar-refractivity contribution in [2.45, 2.75) is 77.7 Å². The predicted molar refractivity (Wildman–Crippen MR) is 87.5 cm³/mol. The Balaban J connectivity index is 1.66. The first-order valence-corrected chi connectivity index (χ1v) is 9.56. The van der Waals surface area contributed by atoms with Crippen LogP contribution >= 0.6 is 0 Å². The van der Waals surface area contributed by atoms with Gasteiger partial charge in [0.25, 0.3) is 6.04 Å². The molecule has 4 fully saturated rings. The fraction of sp³-hybridized carbons (Fsp3) is 0.947. The molecule has 23 heavy (non-hydrogen) atoms. The first kappa shape index (κ1) is 15.6. The smallest absolute Gasteiger partial charge is 0.271 e. The minimum absolute atomic E-state index is 0.0677. The highest BCUT2D eigenvalue weighted by Crippen LogP contribution is 2.65. The zero-order chi connectivity index (χ0) is 16.4. The summed E-state index contributed by atoms with van der Waals surface area (Å²) in [5.41, 5.74) is 0.00894. The second kappa shape index (κ2) is 5.03. The molecule has 0 aliphatic heterocycles. The monoisotopic (exact) mass is 319 g/mol. The van der Waals surface area contributed by atoms with Crippen LogP contribution in [0.3, 0.4) is 0 Å². The van der Waals surface area contributed by atoms with E-state index in [1.54, 1.807) is 0 Å². The highest BCUT2D eigenvalue weighted by Gasteiger charge is 2.64. The van der Waals surface area contributed by atoms with Crippen LogP contribution in [0, 0.1) is 44.6 Å². The van der Waals surface area contributed by atoms with E-state index in [2.05, 4.69) is 6.92 Å². The molecule has 0 saturated heterocycles. The first-order chi connectivity index (χ1) is 10.9. The van der Waals surface area contributed by atoms with Crippen molar-refractivity contribution in [1.29, 1.82) is 0 Å². The Labute approximate surface area is 138 Å². The zero-order valence-electron chi connectivity index (χ0n) is 14.4. The van der Waals surface area contributed by atoms with Gasteiger partial charge in [-0.05, 0) is 67.6 Å². The maximum Gasteiger partial charge on any atom is 0.271 e. The van der Waals surface area contributed by atoms with Gasteiger partial charge in [0.1, 0.15) is 0 Å². The largest absolute Gasteiger partial charge is 0.291 e. The summed E-state index contributed by atoms with van der Waals surface area (Å²) in [4.78, 5) is 23.7. The molecule has 0 amide bonds. The first-order valence-electron chi connectivity index (χ1n) is 9.56. The van der Waals surface area contributed by atoms with Gasteiger partial charge in [-0.25, -0.2) is 0 Å². The van der Waals surface area contributed by atoms with E-state index in [9.17, 15) is 14.9 Å². The number of nitrogens with zero attached hydrogens (tertiary/aromatic N) is 1. The van der Waals surface area contributed by atoms with Gasteiger partial charge in [-0.2, -0.15) is 0 Å². The Morgan fingerprint density at radius 3 is 2.57 bits per heavy atom. The number of fused-ring (bicyclic) bond motifs is 5. The molecule has 0 bridgehead atoms. The maximum atomic E-state index is 12.7. The van der Waals surface area contributed by atoms with E-state index in [0.717, 1.165) is 18.8 Å². The SMILES string of the molecule is C[C@]12CCCC[C@@H]1CC[C@@H]1[C@H]2CC[C@]2(C)C(=O)C([N+](=O)[O-])C[C@@H]12. The molecule has 4 nitrogen and oxygen atoms in total. The summed E-state index contributed by atoms with van der Waals surface area (Å²) in [6, 6.07) is -0.930. The number of carbonyl (C=O) groups is 1. The van der Waals surface area contributed by atoms with Crippen molar-refractivity contribution in [2.24, 2.45) is 34.5 Å². The zero-order valence-corrected chi connectivity index (χ0v) is 14.4. The fourth-order valence-corrected chi connectivity index (χ4v) is 7.27. The molecule has 4 rings (SSSR count). The predicted octanol–water partition coefficient (Wildman–Crippen LogP) is 4.24. The highest BCUT2D eigenvalue weighted by molar-refractivity contribution is 5.91. The van der Waals surface area contributed by atoms with Gasteiger partial charge in [-0.15, -0.1) is 0 Å². The molecule has 0 aromatic rings. The van der Waals surface area contributed by atoms with Crippen LogP contribution < -0.4 is 0 Å². The lowest BCUT2D eigenvalue weighted by molar-refractivity contribution is -0.506. The van der Waals surface area contributed by atoms with E-state index in [-0.39, 0.29) is 16.6 Å². The van der Waals surface area contributed by atoms with Gasteiger partial charge in [0, 0.05) is 16.8 Å². The minimum Gasteiger partial charge on any atom is -0.291 e. The van der Waals surface area contributed by atoms with Crippen LogP contribution in [-0.4, -0.2) is 16.7 Å². The fourth-order valence-electron chi connectivity index (χ4n) is 7.27. The Hall–Kier alpha value is -0.930. The third-order valence-corrected chi connectivity index (χ3v) is 8.57. The molecule has 4 heteroatoms. The van der Waals surface area contributed by atoms with Crippen molar-refractivity contribution < 1.29 is 9.72 Å². The van der Waals surface area contributed by atoms with E-state index in [0.29, 0.717) is 23.7 Å². The van der Waals surface area contributed by atoms with Gasteiger partial charge in [-0.1, -0.05) is 26.7 Å². The van der Waals surface area contributed by atoms with Gasteiger partial charge in [-0.3, -0.25) is 14.9 Å². The van der Waals surface area contributed by atoms with Gasteiger partial charge < -0.3 is 0 Å². The van der Waals surface area contributed by atoms with E-state index in [4.69, 9.17) is 0 Å². The van der Waals surface area contributed by atoms with Crippen LogP contribution in [-0.2, 0) is 4.79 Å². The summed E-state index contributed by atoms with van der Waals surface area (Å²) < 4.78 is 0. The Kier molecular flexibility index (Phi) is 3.41. The number of carbonyl (C=O) groups excluding carboxylic acids is 1. The topological polar surface area (TPSA) is 60.2 Å². The summed E-state index contributed by atoms with van der Waals surface area (Å²) in [6.45, 7) is 4.53. The highest BCUT2D eigenvalue weighted by atomic mass is 16.6. The normalized spacial score (nSPS) is 52.4. The van der Waals surface area contributed by atoms with E-state index in [1.165, 1.54) is 38.5 Å². The molecular formula is C19H29NO3. The molecule has 4 aliphatic carbocycles. The number of Topliss-reactive ketones (excluding diaryl/α,β-unsaturated/α-hetero) is 1. The molecule has 7 atom stereocenters. The average molecular weight is 319 g/mol. The van der Waals surface area contributed by atoms with Gasteiger partial charge in [0.2, 0.25) is 5.78 Å². The van der Waals surface area contributed by atoms with Crippen LogP contribution in [0.5, 0.6) is 0 Å². The lowest BCUT2D eigenvalue weighted by Crippen LogP contribution is -2.52. The molecule has 128 valence electrons. The Morgan fingerprint density at radius 2 is 1.83 bits per heavy atom. The standard InChI is InChI=1S/C19H29NO3/c1-18-9-4-3-5-12(18)6-7-13-14(18)8-10-19(2)15(13)11-16(17(19)21)20(22)23/h12-16H,3-11H2,1-2H3/t12-,13-,14-,15+,16?,18+,19+/m1/s1. The molecule has 0 N–H and O–H groups in total. The molecule has 0 aromatic heterocycles. The maximum absolute atomic E-state index is 12.7. The van der Waals surface area contributed by atoms with Crippen molar-refractivity contribution in [3.05, 3.63) is 10.1 Å². The van der Waals surface area contributed by atoms with Crippen molar-refractivity contribution in [3.8, 4) is 0 Å². The van der Waals surface area contributed by atoms with Gasteiger partial charge in [0.15, 0.2) is 0 Å². The molecular weight excluding hydrogens is 290 g/mol. The second-order valence-electron chi connectivity index (χ2n) is 9.26. The molecule has 4 saturated carbocycles. The number of ketones is 1. The van der Waals surface area contributed by atoms with E-state index < -0.39 is 11.5 Å². The average Bonchev–Trinajstić information content (AvgIpc) is 2.79. The van der Waals surface area contributed by atoms with E-state index >= 15 is 0 Å². The third kappa shape index (κ3) is 1.99. The molecule has 0 aromatic carbocycles. The summed E-state index contributed by atoms with van der Waals surface area (Å²) in [5.74, 6) is 2.27. The molecule has 0 radical (unpaired) electrons. The number of nitro groups is 1. The van der Waals surface area contributed by atoms with Gasteiger partial charge >= 0.3 is 0 Å².